The van der Waals surface area contributed by atoms with Crippen LogP contribution in [0.4, 0.5) is 0 Å². The van der Waals surface area contributed by atoms with Crippen molar-refractivity contribution in [3.05, 3.63) is 42.2 Å². The lowest BCUT2D eigenvalue weighted by Crippen LogP contribution is -2.06. The SMILES string of the molecule is O=C(OCc1cn(-c2ccccc2)nn1)C1CC1. The van der Waals surface area contributed by atoms with E-state index in [1.807, 2.05) is 30.3 Å². The first-order chi connectivity index (χ1) is 8.83. The van der Waals surface area contributed by atoms with Gasteiger partial charge in [-0.05, 0) is 25.0 Å². The smallest absolute Gasteiger partial charge is 0.309 e. The number of para-hydroxylation sites is 1. The number of carbonyl (C=O) groups excluding carboxylic acids is 1. The lowest BCUT2D eigenvalue weighted by atomic mass is 10.3. The second kappa shape index (κ2) is 4.60. The van der Waals surface area contributed by atoms with Gasteiger partial charge in [-0.25, -0.2) is 4.68 Å². The molecule has 0 amide bonds. The van der Waals surface area contributed by atoms with Crippen molar-refractivity contribution in [3.8, 4) is 5.69 Å². The highest BCUT2D eigenvalue weighted by Gasteiger charge is 2.31. The van der Waals surface area contributed by atoms with Crippen LogP contribution in [0.1, 0.15) is 18.5 Å². The minimum Gasteiger partial charge on any atom is -0.459 e. The van der Waals surface area contributed by atoms with Crippen molar-refractivity contribution in [2.45, 2.75) is 19.4 Å². The van der Waals surface area contributed by atoms with Crippen LogP contribution < -0.4 is 0 Å². The average molecular weight is 243 g/mol. The molecule has 0 atom stereocenters. The summed E-state index contributed by atoms with van der Waals surface area (Å²) in [5.74, 6) is -0.00145. The third-order valence-electron chi connectivity index (χ3n) is 2.83. The zero-order valence-electron chi connectivity index (χ0n) is 9.82. The Hall–Kier alpha value is -2.17. The molecule has 1 fully saturated rings. The van der Waals surface area contributed by atoms with E-state index in [0.29, 0.717) is 5.69 Å². The number of ether oxygens (including phenoxy) is 1. The van der Waals surface area contributed by atoms with Crippen LogP contribution >= 0.6 is 0 Å². The number of hydrogen-bond donors (Lipinski definition) is 0. The molecular formula is C13H13N3O2. The van der Waals surface area contributed by atoms with Crippen molar-refractivity contribution < 1.29 is 9.53 Å². The second-order valence-corrected chi connectivity index (χ2v) is 4.37. The molecule has 1 aliphatic carbocycles. The maximum absolute atomic E-state index is 11.4. The highest BCUT2D eigenvalue weighted by molar-refractivity contribution is 5.74. The molecule has 1 saturated carbocycles. The molecule has 0 radical (unpaired) electrons. The Labute approximate surface area is 104 Å². The van der Waals surface area contributed by atoms with Gasteiger partial charge in [-0.2, -0.15) is 0 Å². The van der Waals surface area contributed by atoms with E-state index >= 15 is 0 Å². The van der Waals surface area contributed by atoms with Crippen LogP contribution in [0.15, 0.2) is 36.5 Å². The van der Waals surface area contributed by atoms with Crippen LogP contribution in [-0.4, -0.2) is 21.0 Å². The number of nitrogens with zero attached hydrogens (tertiary/aromatic N) is 3. The summed E-state index contributed by atoms with van der Waals surface area (Å²) in [6, 6.07) is 9.69. The Morgan fingerprint density at radius 3 is 2.83 bits per heavy atom. The van der Waals surface area contributed by atoms with E-state index in [9.17, 15) is 4.79 Å². The molecule has 0 saturated heterocycles. The molecule has 0 bridgehead atoms. The van der Waals surface area contributed by atoms with E-state index in [4.69, 9.17) is 4.74 Å². The van der Waals surface area contributed by atoms with Crippen LogP contribution in [0.5, 0.6) is 0 Å². The van der Waals surface area contributed by atoms with Gasteiger partial charge in [-0.1, -0.05) is 23.4 Å². The summed E-state index contributed by atoms with van der Waals surface area (Å²) in [7, 11) is 0. The van der Waals surface area contributed by atoms with Crippen molar-refractivity contribution in [3.63, 3.8) is 0 Å². The Morgan fingerprint density at radius 1 is 1.33 bits per heavy atom. The van der Waals surface area contributed by atoms with Gasteiger partial charge in [0.25, 0.3) is 0 Å². The van der Waals surface area contributed by atoms with E-state index in [0.717, 1.165) is 18.5 Å². The Kier molecular flexibility index (Phi) is 2.80. The topological polar surface area (TPSA) is 57.0 Å². The fourth-order valence-electron chi connectivity index (χ4n) is 1.65. The molecule has 0 spiro atoms. The molecule has 0 unspecified atom stereocenters. The van der Waals surface area contributed by atoms with Crippen molar-refractivity contribution in [1.29, 1.82) is 0 Å². The number of esters is 1. The summed E-state index contributed by atoms with van der Waals surface area (Å²) >= 11 is 0. The summed E-state index contributed by atoms with van der Waals surface area (Å²) in [4.78, 5) is 11.4. The number of rotatable bonds is 4. The third kappa shape index (κ3) is 2.40. The summed E-state index contributed by atoms with van der Waals surface area (Å²) < 4.78 is 6.81. The van der Waals surface area contributed by atoms with Gasteiger partial charge >= 0.3 is 5.97 Å². The minimum absolute atomic E-state index is 0.120. The molecule has 5 heteroatoms. The van der Waals surface area contributed by atoms with Crippen LogP contribution in [-0.2, 0) is 16.1 Å². The molecule has 1 aromatic carbocycles. The summed E-state index contributed by atoms with van der Waals surface area (Å²) in [6.45, 7) is 0.197. The number of aromatic nitrogens is 3. The van der Waals surface area contributed by atoms with Crippen LogP contribution in [0.25, 0.3) is 5.69 Å². The zero-order valence-corrected chi connectivity index (χ0v) is 9.82. The monoisotopic (exact) mass is 243 g/mol. The standard InChI is InChI=1S/C13H13N3O2/c17-13(10-6-7-10)18-9-11-8-16(15-14-11)12-4-2-1-3-5-12/h1-5,8,10H,6-7,9H2. The predicted molar refractivity (Wildman–Crippen MR) is 63.9 cm³/mol. The van der Waals surface area contributed by atoms with E-state index in [1.165, 1.54) is 0 Å². The van der Waals surface area contributed by atoms with Gasteiger partial charge in [0.05, 0.1) is 17.8 Å². The van der Waals surface area contributed by atoms with Gasteiger partial charge in [0.2, 0.25) is 0 Å². The average Bonchev–Trinajstić information content (AvgIpc) is 3.16. The Morgan fingerprint density at radius 2 is 2.11 bits per heavy atom. The first-order valence-electron chi connectivity index (χ1n) is 5.96. The van der Waals surface area contributed by atoms with Crippen molar-refractivity contribution >= 4 is 5.97 Å². The maximum atomic E-state index is 11.4. The van der Waals surface area contributed by atoms with Crippen molar-refractivity contribution in [2.75, 3.05) is 0 Å². The number of carbonyl (C=O) groups is 1. The Balaban J connectivity index is 1.64. The molecular weight excluding hydrogens is 230 g/mol. The highest BCUT2D eigenvalue weighted by atomic mass is 16.5. The second-order valence-electron chi connectivity index (χ2n) is 4.37. The fourth-order valence-corrected chi connectivity index (χ4v) is 1.65. The number of hydrogen-bond acceptors (Lipinski definition) is 4. The van der Waals surface area contributed by atoms with Crippen LogP contribution in [0.3, 0.4) is 0 Å². The van der Waals surface area contributed by atoms with Gasteiger partial charge in [-0.15, -0.1) is 5.10 Å². The molecule has 18 heavy (non-hydrogen) atoms. The molecule has 3 rings (SSSR count). The molecule has 1 aromatic heterocycles. The minimum atomic E-state index is -0.121. The predicted octanol–water partition coefficient (Wildman–Crippen LogP) is 1.72. The van der Waals surface area contributed by atoms with Gasteiger partial charge in [0, 0.05) is 0 Å². The zero-order chi connectivity index (χ0) is 12.4. The molecule has 5 nitrogen and oxygen atoms in total. The summed E-state index contributed by atoms with van der Waals surface area (Å²) in [5.41, 5.74) is 1.60. The largest absolute Gasteiger partial charge is 0.459 e. The maximum Gasteiger partial charge on any atom is 0.309 e. The molecule has 0 N–H and O–H groups in total. The van der Waals surface area contributed by atoms with Gasteiger partial charge in [-0.3, -0.25) is 4.79 Å². The molecule has 1 heterocycles. The number of benzene rings is 1. The molecule has 0 aliphatic heterocycles. The van der Waals surface area contributed by atoms with Crippen molar-refractivity contribution in [1.82, 2.24) is 15.0 Å². The lowest BCUT2D eigenvalue weighted by molar-refractivity contribution is -0.146. The van der Waals surface area contributed by atoms with Crippen molar-refractivity contribution in [2.24, 2.45) is 5.92 Å². The quantitative estimate of drug-likeness (QED) is 0.767. The third-order valence-corrected chi connectivity index (χ3v) is 2.83. The molecule has 92 valence electrons. The van der Waals surface area contributed by atoms with Gasteiger partial charge < -0.3 is 4.74 Å². The van der Waals surface area contributed by atoms with E-state index in [1.54, 1.807) is 10.9 Å². The van der Waals surface area contributed by atoms with E-state index in [2.05, 4.69) is 10.3 Å². The van der Waals surface area contributed by atoms with Crippen LogP contribution in [0.2, 0.25) is 0 Å². The van der Waals surface area contributed by atoms with Crippen LogP contribution in [0, 0.1) is 5.92 Å². The Bertz CT molecular complexity index is 546. The lowest BCUT2D eigenvalue weighted by Gasteiger charge is -2.00. The van der Waals surface area contributed by atoms with Gasteiger partial charge in [0.15, 0.2) is 0 Å². The fraction of sp³-hybridized carbons (Fsp3) is 0.308. The molecule has 2 aromatic rings. The van der Waals surface area contributed by atoms with E-state index in [-0.39, 0.29) is 18.5 Å². The highest BCUT2D eigenvalue weighted by Crippen LogP contribution is 2.30. The molecule has 1 aliphatic rings. The van der Waals surface area contributed by atoms with E-state index < -0.39 is 0 Å². The van der Waals surface area contributed by atoms with Gasteiger partial charge in [0.1, 0.15) is 12.3 Å². The first kappa shape index (κ1) is 11.0. The summed E-state index contributed by atoms with van der Waals surface area (Å²) in [6.07, 6.45) is 3.68. The summed E-state index contributed by atoms with van der Waals surface area (Å²) in [5, 5.41) is 7.98. The normalized spacial score (nSPS) is 14.4. The first-order valence-corrected chi connectivity index (χ1v) is 5.96.